The summed E-state index contributed by atoms with van der Waals surface area (Å²) in [6.07, 6.45) is 0. The van der Waals surface area contributed by atoms with Gasteiger partial charge < -0.3 is 19.1 Å². The molecule has 6 heteroatoms. The number of amides is 1. The Morgan fingerprint density at radius 1 is 0.960 bits per heavy atom. The van der Waals surface area contributed by atoms with Crippen LogP contribution in [0.2, 0.25) is 0 Å². The summed E-state index contributed by atoms with van der Waals surface area (Å²) in [5.41, 5.74) is 1.26. The number of rotatable bonds is 7. The lowest BCUT2D eigenvalue weighted by atomic mass is 10.2. The van der Waals surface area contributed by atoms with Crippen LogP contribution in [0.15, 0.2) is 48.5 Å². The fourth-order valence-electron chi connectivity index (χ4n) is 2.19. The fourth-order valence-corrected chi connectivity index (χ4v) is 2.19. The summed E-state index contributed by atoms with van der Waals surface area (Å²) >= 11 is 0. The van der Waals surface area contributed by atoms with E-state index in [9.17, 15) is 9.59 Å². The molecule has 1 amide bonds. The molecule has 0 aliphatic heterocycles. The van der Waals surface area contributed by atoms with Crippen molar-refractivity contribution in [2.45, 2.75) is 6.54 Å². The molecule has 0 saturated heterocycles. The topological polar surface area (TPSA) is 65.1 Å². The molecule has 0 saturated carbocycles. The first-order chi connectivity index (χ1) is 12.0. The van der Waals surface area contributed by atoms with Gasteiger partial charge in [-0.1, -0.05) is 30.3 Å². The van der Waals surface area contributed by atoms with E-state index in [-0.39, 0.29) is 18.1 Å². The molecule has 0 unspecified atom stereocenters. The van der Waals surface area contributed by atoms with E-state index in [4.69, 9.17) is 14.2 Å². The molecule has 0 heterocycles. The number of likely N-dealkylation sites (N-methyl/N-ethyl adjacent to an activating group) is 1. The van der Waals surface area contributed by atoms with E-state index in [0.29, 0.717) is 18.0 Å². The third kappa shape index (κ3) is 5.24. The van der Waals surface area contributed by atoms with Crippen LogP contribution >= 0.6 is 0 Å². The predicted molar refractivity (Wildman–Crippen MR) is 92.7 cm³/mol. The van der Waals surface area contributed by atoms with E-state index in [1.165, 1.54) is 31.3 Å². The summed E-state index contributed by atoms with van der Waals surface area (Å²) < 4.78 is 15.3. The maximum absolute atomic E-state index is 12.2. The molecule has 0 atom stereocenters. The summed E-state index contributed by atoms with van der Waals surface area (Å²) in [6, 6.07) is 14.3. The van der Waals surface area contributed by atoms with E-state index >= 15 is 0 Å². The highest BCUT2D eigenvalue weighted by Gasteiger charge is 2.15. The number of nitrogens with zero attached hydrogens (tertiary/aromatic N) is 1. The van der Waals surface area contributed by atoms with Gasteiger partial charge in [-0.05, 0) is 17.7 Å². The van der Waals surface area contributed by atoms with E-state index in [1.807, 2.05) is 30.3 Å². The Bertz CT molecular complexity index is 708. The maximum Gasteiger partial charge on any atom is 0.338 e. The van der Waals surface area contributed by atoms with Crippen LogP contribution < -0.4 is 9.47 Å². The highest BCUT2D eigenvalue weighted by Crippen LogP contribution is 2.23. The minimum atomic E-state index is -0.612. The lowest BCUT2D eigenvalue weighted by Crippen LogP contribution is -2.30. The van der Waals surface area contributed by atoms with Crippen LogP contribution in [-0.2, 0) is 16.1 Å². The fraction of sp³-hybridized carbons (Fsp3) is 0.263. The number of carbonyl (C=O) groups excluding carboxylic acids is 2. The molecule has 0 bridgehead atoms. The van der Waals surface area contributed by atoms with Crippen molar-refractivity contribution in [2.24, 2.45) is 0 Å². The Morgan fingerprint density at radius 3 is 2.12 bits per heavy atom. The third-order valence-electron chi connectivity index (χ3n) is 3.60. The Kier molecular flexibility index (Phi) is 6.39. The molecule has 25 heavy (non-hydrogen) atoms. The lowest BCUT2D eigenvalue weighted by molar-refractivity contribution is -0.133. The molecule has 0 N–H and O–H groups in total. The van der Waals surface area contributed by atoms with Crippen LogP contribution in [0.3, 0.4) is 0 Å². The van der Waals surface area contributed by atoms with Gasteiger partial charge in [0.1, 0.15) is 11.5 Å². The lowest BCUT2D eigenvalue weighted by Gasteiger charge is -2.17. The number of esters is 1. The van der Waals surface area contributed by atoms with Crippen molar-refractivity contribution >= 4 is 11.9 Å². The highest BCUT2D eigenvalue weighted by molar-refractivity contribution is 5.92. The van der Waals surface area contributed by atoms with Crippen LogP contribution in [0, 0.1) is 0 Å². The SMILES string of the molecule is COc1cc(OC)cc(C(=O)OCC(=O)N(C)Cc2ccccc2)c1. The van der Waals surface area contributed by atoms with Crippen molar-refractivity contribution in [1.82, 2.24) is 4.90 Å². The number of ether oxygens (including phenoxy) is 3. The molecule has 0 fully saturated rings. The number of benzene rings is 2. The molecular weight excluding hydrogens is 322 g/mol. The first kappa shape index (κ1) is 18.3. The molecule has 2 aromatic rings. The third-order valence-corrected chi connectivity index (χ3v) is 3.60. The van der Waals surface area contributed by atoms with Crippen molar-refractivity contribution < 1.29 is 23.8 Å². The summed E-state index contributed by atoms with van der Waals surface area (Å²) in [5, 5.41) is 0. The molecule has 0 aliphatic rings. The average molecular weight is 343 g/mol. The summed E-state index contributed by atoms with van der Waals surface area (Å²) in [6.45, 7) is 0.117. The van der Waals surface area contributed by atoms with Gasteiger partial charge in [-0.2, -0.15) is 0 Å². The second-order valence-corrected chi connectivity index (χ2v) is 5.41. The van der Waals surface area contributed by atoms with Crippen LogP contribution in [0.5, 0.6) is 11.5 Å². The summed E-state index contributed by atoms with van der Waals surface area (Å²) in [5.74, 6) is 0.0448. The van der Waals surface area contributed by atoms with Gasteiger partial charge in [0.25, 0.3) is 5.91 Å². The standard InChI is InChI=1S/C19H21NO5/c1-20(12-14-7-5-4-6-8-14)18(21)13-25-19(22)15-9-16(23-2)11-17(10-15)24-3/h4-11H,12-13H2,1-3H3. The van der Waals surface area contributed by atoms with Crippen molar-refractivity contribution in [3.63, 3.8) is 0 Å². The van der Waals surface area contributed by atoms with Gasteiger partial charge in [0.05, 0.1) is 19.8 Å². The largest absolute Gasteiger partial charge is 0.497 e. The van der Waals surface area contributed by atoms with Crippen LogP contribution in [0.4, 0.5) is 0 Å². The van der Waals surface area contributed by atoms with E-state index in [0.717, 1.165) is 5.56 Å². The highest BCUT2D eigenvalue weighted by atomic mass is 16.5. The second-order valence-electron chi connectivity index (χ2n) is 5.41. The zero-order valence-electron chi connectivity index (χ0n) is 14.5. The van der Waals surface area contributed by atoms with Crippen molar-refractivity contribution in [1.29, 1.82) is 0 Å². The molecule has 0 aliphatic carbocycles. The van der Waals surface area contributed by atoms with E-state index in [1.54, 1.807) is 13.1 Å². The number of methoxy groups -OCH3 is 2. The van der Waals surface area contributed by atoms with E-state index < -0.39 is 5.97 Å². The monoisotopic (exact) mass is 343 g/mol. The maximum atomic E-state index is 12.2. The predicted octanol–water partition coefficient (Wildman–Crippen LogP) is 2.52. The molecule has 0 aromatic heterocycles. The summed E-state index contributed by atoms with van der Waals surface area (Å²) in [7, 11) is 4.65. The van der Waals surface area contributed by atoms with Crippen molar-refractivity contribution in [3.05, 3.63) is 59.7 Å². The molecule has 6 nitrogen and oxygen atoms in total. The van der Waals surface area contributed by atoms with Crippen LogP contribution in [0.25, 0.3) is 0 Å². The number of hydrogen-bond donors (Lipinski definition) is 0. The van der Waals surface area contributed by atoms with Crippen LogP contribution in [-0.4, -0.2) is 44.7 Å². The van der Waals surface area contributed by atoms with Gasteiger partial charge >= 0.3 is 5.97 Å². The Hall–Kier alpha value is -3.02. The average Bonchev–Trinajstić information content (AvgIpc) is 2.65. The normalized spacial score (nSPS) is 10.0. The first-order valence-corrected chi connectivity index (χ1v) is 7.71. The first-order valence-electron chi connectivity index (χ1n) is 7.71. The smallest absolute Gasteiger partial charge is 0.338 e. The molecular formula is C19H21NO5. The minimum Gasteiger partial charge on any atom is -0.497 e. The second kappa shape index (κ2) is 8.73. The molecule has 2 rings (SSSR count). The number of hydrogen-bond acceptors (Lipinski definition) is 5. The van der Waals surface area contributed by atoms with Gasteiger partial charge in [0.15, 0.2) is 6.61 Å². The zero-order valence-corrected chi connectivity index (χ0v) is 14.5. The minimum absolute atomic E-state index is 0.259. The van der Waals surface area contributed by atoms with Gasteiger partial charge in [-0.25, -0.2) is 4.79 Å². The Balaban J connectivity index is 1.93. The van der Waals surface area contributed by atoms with Gasteiger partial charge in [-0.15, -0.1) is 0 Å². The Labute approximate surface area is 146 Å². The molecule has 132 valence electrons. The molecule has 0 spiro atoms. The van der Waals surface area contributed by atoms with E-state index in [2.05, 4.69) is 0 Å². The Morgan fingerprint density at radius 2 is 1.56 bits per heavy atom. The quantitative estimate of drug-likeness (QED) is 0.723. The van der Waals surface area contributed by atoms with Crippen molar-refractivity contribution in [3.8, 4) is 11.5 Å². The van der Waals surface area contributed by atoms with Crippen molar-refractivity contribution in [2.75, 3.05) is 27.9 Å². The molecule has 2 aromatic carbocycles. The number of carbonyl (C=O) groups is 2. The van der Waals surface area contributed by atoms with Gasteiger partial charge in [-0.3, -0.25) is 4.79 Å². The summed E-state index contributed by atoms with van der Waals surface area (Å²) in [4.78, 5) is 25.8. The van der Waals surface area contributed by atoms with Gasteiger partial charge in [0, 0.05) is 19.7 Å². The van der Waals surface area contributed by atoms with Crippen LogP contribution in [0.1, 0.15) is 15.9 Å². The van der Waals surface area contributed by atoms with Gasteiger partial charge in [0.2, 0.25) is 0 Å². The molecule has 0 radical (unpaired) electrons. The zero-order chi connectivity index (χ0) is 18.2.